The summed E-state index contributed by atoms with van der Waals surface area (Å²) >= 11 is 0. The first-order chi connectivity index (χ1) is 6.56. The Bertz CT molecular complexity index is 228. The third-order valence-corrected chi connectivity index (χ3v) is 3.03. The lowest BCUT2D eigenvalue weighted by atomic mass is 10.5. The van der Waals surface area contributed by atoms with Crippen LogP contribution in [0.5, 0.6) is 0 Å². The van der Waals surface area contributed by atoms with Crippen molar-refractivity contribution in [3.05, 3.63) is 12.7 Å². The Kier molecular flexibility index (Phi) is 3.76. The molecule has 0 bridgehead atoms. The normalized spacial score (nSPS) is 26.6. The van der Waals surface area contributed by atoms with Gasteiger partial charge in [-0.05, 0) is 0 Å². The van der Waals surface area contributed by atoms with Crippen LogP contribution in [0.25, 0.3) is 0 Å². The lowest BCUT2D eigenvalue weighted by molar-refractivity contribution is 0.0507. The van der Waals surface area contributed by atoms with E-state index in [1.807, 2.05) is 0 Å². The zero-order valence-electron chi connectivity index (χ0n) is 7.42. The smallest absolute Gasteiger partial charge is 0.430 e. The first-order valence-corrected chi connectivity index (χ1v) is 5.45. The minimum absolute atomic E-state index is 0.0194. The summed E-state index contributed by atoms with van der Waals surface area (Å²) in [5.41, 5.74) is -1.03. The average molecular weight is 224 g/mol. The molecule has 7 heteroatoms. The van der Waals surface area contributed by atoms with Crippen molar-refractivity contribution in [1.82, 2.24) is 0 Å². The van der Waals surface area contributed by atoms with Crippen LogP contribution < -0.4 is 0 Å². The second kappa shape index (κ2) is 4.65. The molecule has 0 aromatic carbocycles. The van der Waals surface area contributed by atoms with Gasteiger partial charge in [0.05, 0.1) is 6.61 Å². The Hall–Kier alpha value is -0.760. The van der Waals surface area contributed by atoms with Gasteiger partial charge in [0.15, 0.2) is 0 Å². The SMILES string of the molecule is C=CCOC(=O)OC1CCOS1(O)O. The summed E-state index contributed by atoms with van der Waals surface area (Å²) in [5, 5.41) is 0. The summed E-state index contributed by atoms with van der Waals surface area (Å²) in [5.74, 6) is 0. The van der Waals surface area contributed by atoms with Crippen LogP contribution in [0.4, 0.5) is 4.79 Å². The third kappa shape index (κ3) is 2.88. The minimum atomic E-state index is -3.26. The predicted molar refractivity (Wildman–Crippen MR) is 49.8 cm³/mol. The summed E-state index contributed by atoms with van der Waals surface area (Å²) in [4.78, 5) is 10.9. The van der Waals surface area contributed by atoms with Crippen LogP contribution in [-0.2, 0) is 13.7 Å². The van der Waals surface area contributed by atoms with Crippen LogP contribution in [0.3, 0.4) is 0 Å². The maximum atomic E-state index is 10.9. The molecular formula is C7H12O6S. The summed E-state index contributed by atoms with van der Waals surface area (Å²) < 4.78 is 32.1. The van der Waals surface area contributed by atoms with E-state index in [1.54, 1.807) is 0 Å². The fourth-order valence-electron chi connectivity index (χ4n) is 0.886. The van der Waals surface area contributed by atoms with Crippen LogP contribution in [-0.4, -0.2) is 33.9 Å². The maximum absolute atomic E-state index is 10.9. The van der Waals surface area contributed by atoms with Gasteiger partial charge in [0.2, 0.25) is 5.44 Å². The summed E-state index contributed by atoms with van der Waals surface area (Å²) in [6.45, 7) is 3.52. The van der Waals surface area contributed by atoms with Gasteiger partial charge in [0, 0.05) is 6.42 Å². The molecule has 1 heterocycles. The average Bonchev–Trinajstić information content (AvgIpc) is 2.43. The van der Waals surface area contributed by atoms with E-state index < -0.39 is 22.5 Å². The van der Waals surface area contributed by atoms with Gasteiger partial charge in [-0.1, -0.05) is 12.7 Å². The molecule has 0 aliphatic carbocycles. The molecule has 1 unspecified atom stereocenters. The highest BCUT2D eigenvalue weighted by molar-refractivity contribution is 8.20. The van der Waals surface area contributed by atoms with Gasteiger partial charge in [-0.25, -0.2) is 4.79 Å². The van der Waals surface area contributed by atoms with Gasteiger partial charge in [0.25, 0.3) is 0 Å². The van der Waals surface area contributed by atoms with Crippen molar-refractivity contribution in [3.8, 4) is 0 Å². The van der Waals surface area contributed by atoms with E-state index in [1.165, 1.54) is 6.08 Å². The first-order valence-electron chi connectivity index (χ1n) is 3.92. The molecule has 14 heavy (non-hydrogen) atoms. The lowest BCUT2D eigenvalue weighted by Crippen LogP contribution is -2.21. The van der Waals surface area contributed by atoms with E-state index in [-0.39, 0.29) is 19.6 Å². The van der Waals surface area contributed by atoms with Crippen LogP contribution >= 0.6 is 10.9 Å². The molecule has 82 valence electrons. The highest BCUT2D eigenvalue weighted by Crippen LogP contribution is 2.52. The van der Waals surface area contributed by atoms with Crippen molar-refractivity contribution in [2.45, 2.75) is 11.9 Å². The van der Waals surface area contributed by atoms with Gasteiger partial charge in [-0.3, -0.25) is 4.18 Å². The zero-order chi connectivity index (χ0) is 10.6. The van der Waals surface area contributed by atoms with Crippen molar-refractivity contribution in [2.24, 2.45) is 0 Å². The van der Waals surface area contributed by atoms with Crippen LogP contribution in [0.15, 0.2) is 12.7 Å². The number of ether oxygens (including phenoxy) is 2. The van der Waals surface area contributed by atoms with Gasteiger partial charge in [0.1, 0.15) is 17.5 Å². The molecule has 1 rings (SSSR count). The molecule has 0 aromatic rings. The van der Waals surface area contributed by atoms with Gasteiger partial charge < -0.3 is 18.6 Å². The fourth-order valence-corrected chi connectivity index (χ4v) is 1.99. The Balaban J connectivity index is 2.36. The molecule has 1 aliphatic heterocycles. The highest BCUT2D eigenvalue weighted by atomic mass is 32.3. The van der Waals surface area contributed by atoms with Gasteiger partial charge in [-0.15, -0.1) is 0 Å². The third-order valence-electron chi connectivity index (χ3n) is 1.50. The molecular weight excluding hydrogens is 212 g/mol. The zero-order valence-corrected chi connectivity index (χ0v) is 8.24. The van der Waals surface area contributed by atoms with Crippen molar-refractivity contribution < 1.29 is 27.6 Å². The number of carbonyl (C=O) groups excluding carboxylic acids is 1. The molecule has 1 aliphatic rings. The maximum Gasteiger partial charge on any atom is 0.509 e. The van der Waals surface area contributed by atoms with Crippen LogP contribution in [0, 0.1) is 0 Å². The van der Waals surface area contributed by atoms with E-state index in [0.717, 1.165) is 0 Å². The quantitative estimate of drug-likeness (QED) is 0.561. The van der Waals surface area contributed by atoms with Crippen LogP contribution in [0.1, 0.15) is 6.42 Å². The first kappa shape index (κ1) is 11.3. The summed E-state index contributed by atoms with van der Waals surface area (Å²) in [6.07, 6.45) is 0.677. The summed E-state index contributed by atoms with van der Waals surface area (Å²) in [7, 11) is -3.26. The van der Waals surface area contributed by atoms with E-state index >= 15 is 0 Å². The van der Waals surface area contributed by atoms with E-state index in [2.05, 4.69) is 20.2 Å². The van der Waals surface area contributed by atoms with Crippen molar-refractivity contribution >= 4 is 17.0 Å². The largest absolute Gasteiger partial charge is 0.509 e. The number of carbonyl (C=O) groups is 1. The van der Waals surface area contributed by atoms with E-state index in [9.17, 15) is 13.9 Å². The minimum Gasteiger partial charge on any atom is -0.430 e. The highest BCUT2D eigenvalue weighted by Gasteiger charge is 2.40. The molecule has 6 nitrogen and oxygen atoms in total. The lowest BCUT2D eigenvalue weighted by Gasteiger charge is -2.25. The molecule has 1 atom stereocenters. The second-order valence-electron chi connectivity index (χ2n) is 2.55. The van der Waals surface area contributed by atoms with Crippen molar-refractivity contribution in [3.63, 3.8) is 0 Å². The van der Waals surface area contributed by atoms with E-state index in [0.29, 0.717) is 0 Å². The molecule has 1 saturated heterocycles. The van der Waals surface area contributed by atoms with Crippen molar-refractivity contribution in [2.75, 3.05) is 13.2 Å². The molecule has 1 fully saturated rings. The Morgan fingerprint density at radius 1 is 1.71 bits per heavy atom. The monoisotopic (exact) mass is 224 g/mol. The van der Waals surface area contributed by atoms with Crippen molar-refractivity contribution in [1.29, 1.82) is 0 Å². The summed E-state index contributed by atoms with van der Waals surface area (Å²) in [6, 6.07) is 0. The van der Waals surface area contributed by atoms with Crippen LogP contribution in [0.2, 0.25) is 0 Å². The number of hydrogen-bond donors (Lipinski definition) is 2. The Morgan fingerprint density at radius 3 is 2.93 bits per heavy atom. The standard InChI is InChI=1S/C7H12O6S/c1-2-4-11-7(8)13-6-3-5-12-14(6,9)10/h2,6,9-10H,1,3-5H2. The van der Waals surface area contributed by atoms with Gasteiger partial charge >= 0.3 is 6.16 Å². The molecule has 0 aromatic heterocycles. The number of rotatable bonds is 3. The molecule has 2 N–H and O–H groups in total. The molecule has 0 spiro atoms. The number of hydrogen-bond acceptors (Lipinski definition) is 6. The predicted octanol–water partition coefficient (Wildman–Crippen LogP) is 1.74. The molecule has 0 saturated carbocycles. The molecule has 0 amide bonds. The molecule has 0 radical (unpaired) electrons. The van der Waals surface area contributed by atoms with Gasteiger partial charge in [-0.2, -0.15) is 0 Å². The Labute approximate surface area is 83.0 Å². The van der Waals surface area contributed by atoms with E-state index in [4.69, 9.17) is 0 Å². The Morgan fingerprint density at radius 2 is 2.43 bits per heavy atom. The topological polar surface area (TPSA) is 85.2 Å². The fraction of sp³-hybridized carbons (Fsp3) is 0.571. The second-order valence-corrected chi connectivity index (χ2v) is 4.38.